The van der Waals surface area contributed by atoms with E-state index in [9.17, 15) is 18.4 Å². The molecule has 1 heterocycles. The monoisotopic (exact) mass is 431 g/mol. The fourth-order valence-electron chi connectivity index (χ4n) is 2.88. The van der Waals surface area contributed by atoms with Crippen LogP contribution in [0.2, 0.25) is 0 Å². The Kier molecular flexibility index (Phi) is 5.59. The minimum absolute atomic E-state index is 0.401. The van der Waals surface area contributed by atoms with E-state index < -0.39 is 29.0 Å². The molecule has 4 aromatic rings. The van der Waals surface area contributed by atoms with Gasteiger partial charge in [0.2, 0.25) is 0 Å². The van der Waals surface area contributed by atoms with Gasteiger partial charge in [0.25, 0.3) is 0 Å². The van der Waals surface area contributed by atoms with Crippen LogP contribution < -0.4 is 10.6 Å². The summed E-state index contributed by atoms with van der Waals surface area (Å²) >= 11 is 0. The molecule has 1 amide bonds. The van der Waals surface area contributed by atoms with E-state index in [2.05, 4.69) is 22.3 Å². The fraction of sp³-hybridized carbons (Fsp3) is 0.0435. The first-order valence-electron chi connectivity index (χ1n) is 9.40. The van der Waals surface area contributed by atoms with Crippen molar-refractivity contribution >= 4 is 11.7 Å². The summed E-state index contributed by atoms with van der Waals surface area (Å²) in [5, 5.41) is 6.92. The van der Waals surface area contributed by atoms with Crippen molar-refractivity contribution in [2.24, 2.45) is 0 Å². The summed E-state index contributed by atoms with van der Waals surface area (Å²) in [5.74, 6) is 4.04. The molecule has 0 bridgehead atoms. The van der Waals surface area contributed by atoms with Crippen molar-refractivity contribution in [2.75, 3.05) is 11.9 Å². The van der Waals surface area contributed by atoms with Crippen molar-refractivity contribution in [2.45, 2.75) is 0 Å². The third-order valence-corrected chi connectivity index (χ3v) is 4.58. The van der Waals surface area contributed by atoms with Crippen LogP contribution in [0.15, 0.2) is 77.6 Å². The lowest BCUT2D eigenvalue weighted by atomic mass is 10.1. The maximum Gasteiger partial charge on any atom is 0.377 e. The molecule has 32 heavy (non-hydrogen) atoms. The highest BCUT2D eigenvalue weighted by Crippen LogP contribution is 2.16. The Morgan fingerprint density at radius 3 is 2.06 bits per heavy atom. The summed E-state index contributed by atoms with van der Waals surface area (Å²) in [6, 6.07) is 18.5. The van der Waals surface area contributed by atoms with Crippen LogP contribution in [0.25, 0.3) is 5.69 Å². The second-order valence-electron chi connectivity index (χ2n) is 6.66. The van der Waals surface area contributed by atoms with Crippen molar-refractivity contribution in [3.63, 3.8) is 0 Å². The van der Waals surface area contributed by atoms with E-state index in [-0.39, 0.29) is 0 Å². The summed E-state index contributed by atoms with van der Waals surface area (Å²) in [4.78, 5) is 26.4. The van der Waals surface area contributed by atoms with Gasteiger partial charge in [-0.1, -0.05) is 36.1 Å². The van der Waals surface area contributed by atoms with E-state index in [1.54, 1.807) is 24.3 Å². The Hall–Kier alpha value is -4.58. The van der Waals surface area contributed by atoms with Crippen LogP contribution in [-0.2, 0) is 0 Å². The molecule has 1 aromatic heterocycles. The molecule has 0 saturated heterocycles. The highest BCUT2D eigenvalue weighted by atomic mass is 19.1. The van der Waals surface area contributed by atoms with Crippen LogP contribution >= 0.6 is 0 Å². The first-order valence-corrected chi connectivity index (χ1v) is 9.40. The standard InChI is InChI=1S/C23H15F2N5O2/c1-28(18-14-12-17(13-15-18)11-10-16-6-3-2-4-7-16)22(31)30-23(32)29(26-27-30)21-19(24)8-5-9-20(21)25/h2-9,12-15H,1H3. The predicted molar refractivity (Wildman–Crippen MR) is 114 cm³/mol. The summed E-state index contributed by atoms with van der Waals surface area (Å²) in [6.45, 7) is 0. The number of benzene rings is 3. The van der Waals surface area contributed by atoms with Crippen molar-refractivity contribution in [1.29, 1.82) is 0 Å². The molecule has 0 radical (unpaired) electrons. The second kappa shape index (κ2) is 8.65. The Balaban J connectivity index is 1.56. The van der Waals surface area contributed by atoms with Gasteiger partial charge in [-0.05, 0) is 59.0 Å². The zero-order valence-electron chi connectivity index (χ0n) is 16.7. The largest absolute Gasteiger partial charge is 0.377 e. The molecule has 9 heteroatoms. The average molecular weight is 431 g/mol. The quantitative estimate of drug-likeness (QED) is 0.361. The number of halogens is 2. The zero-order valence-corrected chi connectivity index (χ0v) is 16.7. The van der Waals surface area contributed by atoms with Gasteiger partial charge in [-0.2, -0.15) is 4.68 Å². The lowest BCUT2D eigenvalue weighted by Crippen LogP contribution is -2.39. The molecule has 0 unspecified atom stereocenters. The van der Waals surface area contributed by atoms with Crippen LogP contribution in [0.1, 0.15) is 11.1 Å². The molecule has 0 atom stereocenters. The first kappa shape index (κ1) is 20.7. The zero-order chi connectivity index (χ0) is 22.7. The number of amides is 1. The Bertz CT molecular complexity index is 1380. The number of nitrogens with zero attached hydrogens (tertiary/aromatic N) is 5. The van der Waals surface area contributed by atoms with Gasteiger partial charge >= 0.3 is 11.7 Å². The molecule has 0 spiro atoms. The van der Waals surface area contributed by atoms with Gasteiger partial charge in [0.15, 0.2) is 11.6 Å². The topological polar surface area (TPSA) is 73.0 Å². The molecule has 3 aromatic carbocycles. The number of carbonyl (C=O) groups excluding carboxylic acids is 1. The predicted octanol–water partition coefficient (Wildman–Crippen LogP) is 3.21. The summed E-state index contributed by atoms with van der Waals surface area (Å²) in [5.41, 5.74) is 0.254. The number of para-hydroxylation sites is 1. The number of hydrogen-bond acceptors (Lipinski definition) is 4. The van der Waals surface area contributed by atoms with Crippen LogP contribution in [0.5, 0.6) is 0 Å². The van der Waals surface area contributed by atoms with Crippen LogP contribution in [0.3, 0.4) is 0 Å². The molecular formula is C23H15F2N5O2. The second-order valence-corrected chi connectivity index (χ2v) is 6.66. The molecule has 0 N–H and O–H groups in total. The van der Waals surface area contributed by atoms with Crippen molar-refractivity contribution in [1.82, 2.24) is 19.8 Å². The smallest absolute Gasteiger partial charge is 0.295 e. The Labute approximate surface area is 181 Å². The normalized spacial score (nSPS) is 10.3. The van der Waals surface area contributed by atoms with E-state index >= 15 is 0 Å². The van der Waals surface area contributed by atoms with Gasteiger partial charge in [0.1, 0.15) is 5.69 Å². The molecule has 0 aliphatic carbocycles. The van der Waals surface area contributed by atoms with Gasteiger partial charge in [0, 0.05) is 23.9 Å². The van der Waals surface area contributed by atoms with Crippen LogP contribution in [-0.4, -0.2) is 32.9 Å². The fourth-order valence-corrected chi connectivity index (χ4v) is 2.88. The SMILES string of the molecule is CN(C(=O)n1nnn(-c2c(F)cccc2F)c1=O)c1ccc(C#Cc2ccccc2)cc1. The average Bonchev–Trinajstić information content (AvgIpc) is 3.18. The number of aromatic nitrogens is 4. The lowest BCUT2D eigenvalue weighted by Gasteiger charge is -2.15. The van der Waals surface area contributed by atoms with E-state index in [1.165, 1.54) is 7.05 Å². The van der Waals surface area contributed by atoms with Crippen molar-refractivity contribution < 1.29 is 13.6 Å². The van der Waals surface area contributed by atoms with Gasteiger partial charge in [-0.3, -0.25) is 4.90 Å². The summed E-state index contributed by atoms with van der Waals surface area (Å²) < 4.78 is 28.8. The van der Waals surface area contributed by atoms with Crippen molar-refractivity contribution in [3.8, 4) is 17.5 Å². The molecule has 0 aliphatic heterocycles. The third kappa shape index (κ3) is 4.02. The Morgan fingerprint density at radius 2 is 1.44 bits per heavy atom. The third-order valence-electron chi connectivity index (χ3n) is 4.58. The minimum Gasteiger partial charge on any atom is -0.295 e. The van der Waals surface area contributed by atoms with Crippen LogP contribution in [0, 0.1) is 23.5 Å². The highest BCUT2D eigenvalue weighted by molar-refractivity contribution is 5.92. The number of tetrazole rings is 1. The first-order chi connectivity index (χ1) is 15.5. The van der Waals surface area contributed by atoms with Gasteiger partial charge in [0.05, 0.1) is 0 Å². The van der Waals surface area contributed by atoms with E-state index in [0.717, 1.165) is 34.2 Å². The number of anilines is 1. The Morgan fingerprint density at radius 1 is 0.844 bits per heavy atom. The maximum atomic E-state index is 14.0. The molecule has 7 nitrogen and oxygen atoms in total. The lowest BCUT2D eigenvalue weighted by molar-refractivity contribution is 0.245. The van der Waals surface area contributed by atoms with Gasteiger partial charge < -0.3 is 0 Å². The van der Waals surface area contributed by atoms with Gasteiger partial charge in [-0.25, -0.2) is 18.4 Å². The minimum atomic E-state index is -1.10. The molecule has 0 aliphatic rings. The molecule has 0 fully saturated rings. The summed E-state index contributed by atoms with van der Waals surface area (Å²) in [7, 11) is 1.43. The summed E-state index contributed by atoms with van der Waals surface area (Å²) in [6.07, 6.45) is 0. The van der Waals surface area contributed by atoms with E-state index in [1.807, 2.05) is 30.3 Å². The van der Waals surface area contributed by atoms with Crippen molar-refractivity contribution in [3.05, 3.63) is 106 Å². The van der Waals surface area contributed by atoms with E-state index in [0.29, 0.717) is 15.1 Å². The van der Waals surface area contributed by atoms with Gasteiger partial charge in [-0.15, -0.1) is 4.68 Å². The number of carbonyl (C=O) groups is 1. The molecular weight excluding hydrogens is 416 g/mol. The molecule has 4 rings (SSSR count). The van der Waals surface area contributed by atoms with E-state index in [4.69, 9.17) is 0 Å². The molecule has 0 saturated carbocycles. The maximum absolute atomic E-state index is 14.0. The van der Waals surface area contributed by atoms with Crippen LogP contribution in [0.4, 0.5) is 19.3 Å². The molecule has 158 valence electrons. The highest BCUT2D eigenvalue weighted by Gasteiger charge is 2.23. The number of hydrogen-bond donors (Lipinski definition) is 0. The number of rotatable bonds is 2.